The fourth-order valence-electron chi connectivity index (χ4n) is 1.55. The van der Waals surface area contributed by atoms with E-state index in [-0.39, 0.29) is 6.10 Å². The van der Waals surface area contributed by atoms with Crippen molar-refractivity contribution >= 4 is 11.9 Å². The molecule has 0 amide bonds. The molecule has 0 bridgehead atoms. The van der Waals surface area contributed by atoms with Crippen LogP contribution in [0.4, 0.5) is 0 Å². The van der Waals surface area contributed by atoms with Gasteiger partial charge in [0, 0.05) is 20.3 Å². The monoisotopic (exact) mass is 216 g/mol. The van der Waals surface area contributed by atoms with Crippen LogP contribution in [0.2, 0.25) is 0 Å². The molecular weight excluding hydrogens is 200 g/mol. The van der Waals surface area contributed by atoms with Gasteiger partial charge in [-0.1, -0.05) is 6.92 Å². The quantitative estimate of drug-likeness (QED) is 0.659. The van der Waals surface area contributed by atoms with E-state index in [2.05, 4.69) is 0 Å². The van der Waals surface area contributed by atoms with E-state index in [4.69, 9.17) is 14.2 Å². The molecule has 15 heavy (non-hydrogen) atoms. The van der Waals surface area contributed by atoms with Crippen LogP contribution in [0.3, 0.4) is 0 Å². The molecule has 1 heterocycles. The Morgan fingerprint density at radius 2 is 1.87 bits per heavy atom. The highest BCUT2D eigenvalue weighted by atomic mass is 16.7. The molecule has 0 radical (unpaired) electrons. The largest absolute Gasteiger partial charge is 0.456 e. The average Bonchev–Trinajstić information content (AvgIpc) is 2.46. The van der Waals surface area contributed by atoms with E-state index in [9.17, 15) is 9.59 Å². The Morgan fingerprint density at radius 3 is 2.33 bits per heavy atom. The lowest BCUT2D eigenvalue weighted by Gasteiger charge is -2.17. The molecule has 1 fully saturated rings. The van der Waals surface area contributed by atoms with E-state index in [1.54, 1.807) is 0 Å². The Hall–Kier alpha value is -1.10. The molecule has 0 spiro atoms. The molecule has 1 aliphatic heterocycles. The normalized spacial score (nSPS) is 29.9. The first kappa shape index (κ1) is 12.0. The topological polar surface area (TPSA) is 61.8 Å². The number of ether oxygens (including phenoxy) is 3. The number of hydrogen-bond donors (Lipinski definition) is 0. The van der Waals surface area contributed by atoms with Gasteiger partial charge in [0.25, 0.3) is 0 Å². The second-order valence-electron chi connectivity index (χ2n) is 3.53. The highest BCUT2D eigenvalue weighted by molar-refractivity contribution is 5.67. The van der Waals surface area contributed by atoms with E-state index >= 15 is 0 Å². The number of rotatable bonds is 3. The SMILES string of the molecule is CC[C@@H]1C[C@H](OC(C)=O)C(OC(C)=O)O1. The molecule has 5 nitrogen and oxygen atoms in total. The summed E-state index contributed by atoms with van der Waals surface area (Å²) >= 11 is 0. The molecule has 0 aromatic rings. The number of carbonyl (C=O) groups is 2. The van der Waals surface area contributed by atoms with Gasteiger partial charge in [0.15, 0.2) is 6.10 Å². The van der Waals surface area contributed by atoms with Gasteiger partial charge in [-0.3, -0.25) is 9.59 Å². The molecular formula is C10H16O5. The second kappa shape index (κ2) is 5.11. The van der Waals surface area contributed by atoms with Crippen molar-refractivity contribution in [1.29, 1.82) is 0 Å². The number of esters is 2. The zero-order valence-corrected chi connectivity index (χ0v) is 9.19. The van der Waals surface area contributed by atoms with Crippen LogP contribution in [0.15, 0.2) is 0 Å². The zero-order valence-electron chi connectivity index (χ0n) is 9.19. The third-order valence-electron chi connectivity index (χ3n) is 2.18. The molecule has 5 heteroatoms. The molecule has 0 saturated carbocycles. The van der Waals surface area contributed by atoms with Gasteiger partial charge in [-0.15, -0.1) is 0 Å². The lowest BCUT2D eigenvalue weighted by atomic mass is 10.1. The summed E-state index contributed by atoms with van der Waals surface area (Å²) in [6, 6.07) is 0. The first-order chi connectivity index (χ1) is 7.02. The first-order valence-electron chi connectivity index (χ1n) is 5.02. The molecule has 1 unspecified atom stereocenters. The summed E-state index contributed by atoms with van der Waals surface area (Å²) in [6.45, 7) is 4.59. The summed E-state index contributed by atoms with van der Waals surface area (Å²) < 4.78 is 15.3. The molecule has 1 aliphatic rings. The van der Waals surface area contributed by atoms with Crippen molar-refractivity contribution in [3.8, 4) is 0 Å². The minimum Gasteiger partial charge on any atom is -0.456 e. The fourth-order valence-corrected chi connectivity index (χ4v) is 1.55. The maximum atomic E-state index is 10.8. The highest BCUT2D eigenvalue weighted by Gasteiger charge is 2.38. The Balaban J connectivity index is 2.56. The van der Waals surface area contributed by atoms with Crippen LogP contribution < -0.4 is 0 Å². The van der Waals surface area contributed by atoms with Gasteiger partial charge in [-0.05, 0) is 6.42 Å². The first-order valence-corrected chi connectivity index (χ1v) is 5.02. The van der Waals surface area contributed by atoms with E-state index < -0.39 is 24.3 Å². The van der Waals surface area contributed by atoms with Crippen LogP contribution in [0.1, 0.15) is 33.6 Å². The summed E-state index contributed by atoms with van der Waals surface area (Å²) in [5.74, 6) is -0.827. The summed E-state index contributed by atoms with van der Waals surface area (Å²) in [6.07, 6.45) is 0.134. The fraction of sp³-hybridized carbons (Fsp3) is 0.800. The molecule has 0 N–H and O–H groups in total. The predicted molar refractivity (Wildman–Crippen MR) is 50.9 cm³/mol. The van der Waals surface area contributed by atoms with Crippen LogP contribution in [0, 0.1) is 0 Å². The standard InChI is InChI=1S/C10H16O5/c1-4-8-5-9(13-6(2)11)10(15-8)14-7(3)12/h8-10H,4-5H2,1-3H3/t8-,9+,10?/m1/s1. The predicted octanol–water partition coefficient (Wildman–Crippen LogP) is 1.01. The van der Waals surface area contributed by atoms with Gasteiger partial charge >= 0.3 is 11.9 Å². The summed E-state index contributed by atoms with van der Waals surface area (Å²) in [5.41, 5.74) is 0. The summed E-state index contributed by atoms with van der Waals surface area (Å²) in [5, 5.41) is 0. The van der Waals surface area contributed by atoms with E-state index in [0.717, 1.165) is 6.42 Å². The van der Waals surface area contributed by atoms with Gasteiger partial charge in [0.2, 0.25) is 6.29 Å². The van der Waals surface area contributed by atoms with Crippen molar-refractivity contribution in [2.24, 2.45) is 0 Å². The molecule has 0 aromatic carbocycles. The Kier molecular flexibility index (Phi) is 4.08. The van der Waals surface area contributed by atoms with Crippen molar-refractivity contribution in [3.63, 3.8) is 0 Å². The zero-order chi connectivity index (χ0) is 11.4. The van der Waals surface area contributed by atoms with Crippen LogP contribution >= 0.6 is 0 Å². The van der Waals surface area contributed by atoms with Gasteiger partial charge < -0.3 is 14.2 Å². The maximum absolute atomic E-state index is 10.8. The van der Waals surface area contributed by atoms with Crippen molar-refractivity contribution in [1.82, 2.24) is 0 Å². The Bertz CT molecular complexity index is 226. The Labute approximate surface area is 88.7 Å². The van der Waals surface area contributed by atoms with Crippen molar-refractivity contribution in [3.05, 3.63) is 0 Å². The van der Waals surface area contributed by atoms with Crippen molar-refractivity contribution < 1.29 is 23.8 Å². The summed E-state index contributed by atoms with van der Waals surface area (Å²) in [4.78, 5) is 21.6. The molecule has 0 aliphatic carbocycles. The maximum Gasteiger partial charge on any atom is 0.305 e. The molecule has 3 atom stereocenters. The molecule has 1 saturated heterocycles. The third kappa shape index (κ3) is 3.51. The third-order valence-corrected chi connectivity index (χ3v) is 2.18. The second-order valence-corrected chi connectivity index (χ2v) is 3.53. The van der Waals surface area contributed by atoms with Crippen LogP contribution in [-0.4, -0.2) is 30.4 Å². The van der Waals surface area contributed by atoms with Crippen LogP contribution in [0.25, 0.3) is 0 Å². The summed E-state index contributed by atoms with van der Waals surface area (Å²) in [7, 11) is 0. The van der Waals surface area contributed by atoms with Crippen LogP contribution in [0.5, 0.6) is 0 Å². The van der Waals surface area contributed by atoms with Crippen molar-refractivity contribution in [2.75, 3.05) is 0 Å². The molecule has 0 aromatic heterocycles. The average molecular weight is 216 g/mol. The molecule has 1 rings (SSSR count). The van der Waals surface area contributed by atoms with Gasteiger partial charge in [0.05, 0.1) is 6.10 Å². The highest BCUT2D eigenvalue weighted by Crippen LogP contribution is 2.26. The minimum atomic E-state index is -0.753. The van der Waals surface area contributed by atoms with Gasteiger partial charge in [0.1, 0.15) is 0 Å². The number of carbonyl (C=O) groups excluding carboxylic acids is 2. The smallest absolute Gasteiger partial charge is 0.305 e. The van der Waals surface area contributed by atoms with Crippen molar-refractivity contribution in [2.45, 2.75) is 52.1 Å². The molecule has 86 valence electrons. The minimum absolute atomic E-state index is 0.0151. The lowest BCUT2D eigenvalue weighted by Crippen LogP contribution is -2.30. The van der Waals surface area contributed by atoms with Crippen LogP contribution in [-0.2, 0) is 23.8 Å². The number of hydrogen-bond acceptors (Lipinski definition) is 5. The van der Waals surface area contributed by atoms with E-state index in [0.29, 0.717) is 6.42 Å². The Morgan fingerprint density at radius 1 is 1.27 bits per heavy atom. The lowest BCUT2D eigenvalue weighted by molar-refractivity contribution is -0.194. The van der Waals surface area contributed by atoms with Gasteiger partial charge in [-0.25, -0.2) is 0 Å². The van der Waals surface area contributed by atoms with E-state index in [1.165, 1.54) is 13.8 Å². The van der Waals surface area contributed by atoms with E-state index in [1.807, 2.05) is 6.92 Å². The van der Waals surface area contributed by atoms with Gasteiger partial charge in [-0.2, -0.15) is 0 Å².